The van der Waals surface area contributed by atoms with Gasteiger partial charge >= 0.3 is 0 Å². The van der Waals surface area contributed by atoms with E-state index in [1.54, 1.807) is 12.1 Å². The van der Waals surface area contributed by atoms with E-state index < -0.39 is 4.92 Å². The van der Waals surface area contributed by atoms with Gasteiger partial charge in [-0.3, -0.25) is 10.1 Å². The zero-order chi connectivity index (χ0) is 19.3. The van der Waals surface area contributed by atoms with Gasteiger partial charge in [0.1, 0.15) is 23.9 Å². The second-order valence-electron chi connectivity index (χ2n) is 6.24. The van der Waals surface area contributed by atoms with Crippen LogP contribution in [0.3, 0.4) is 0 Å². The molecule has 0 N–H and O–H groups in total. The third kappa shape index (κ3) is 3.78. The van der Waals surface area contributed by atoms with Gasteiger partial charge in [-0.1, -0.05) is 54.6 Å². The highest BCUT2D eigenvalue weighted by atomic mass is 16.6. The highest BCUT2D eigenvalue weighted by Gasteiger charge is 2.11. The van der Waals surface area contributed by atoms with Gasteiger partial charge in [0.05, 0.1) is 10.3 Å². The van der Waals surface area contributed by atoms with E-state index in [0.29, 0.717) is 18.1 Å². The highest BCUT2D eigenvalue weighted by Crippen LogP contribution is 2.37. The topological polar surface area (TPSA) is 61.6 Å². The summed E-state index contributed by atoms with van der Waals surface area (Å²) in [5.41, 5.74) is 1.10. The van der Waals surface area contributed by atoms with Gasteiger partial charge in [0.15, 0.2) is 0 Å². The number of nitrogens with zero attached hydrogens (tertiary/aromatic N) is 1. The van der Waals surface area contributed by atoms with Crippen LogP contribution in [0.5, 0.6) is 17.2 Å². The first-order chi connectivity index (χ1) is 13.7. The van der Waals surface area contributed by atoms with E-state index in [9.17, 15) is 10.1 Å². The van der Waals surface area contributed by atoms with Crippen molar-refractivity contribution in [3.05, 3.63) is 107 Å². The van der Waals surface area contributed by atoms with Crippen molar-refractivity contribution in [2.45, 2.75) is 6.61 Å². The van der Waals surface area contributed by atoms with Crippen LogP contribution in [0.15, 0.2) is 91.0 Å². The fourth-order valence-corrected chi connectivity index (χ4v) is 2.98. The zero-order valence-electron chi connectivity index (χ0n) is 14.9. The number of nitro groups is 1. The second-order valence-corrected chi connectivity index (χ2v) is 6.24. The molecule has 0 radical (unpaired) electrons. The maximum absolute atomic E-state index is 10.8. The molecule has 0 fully saturated rings. The van der Waals surface area contributed by atoms with E-state index in [4.69, 9.17) is 9.47 Å². The van der Waals surface area contributed by atoms with Crippen LogP contribution in [0.25, 0.3) is 10.8 Å². The Bertz CT molecular complexity index is 1100. The van der Waals surface area contributed by atoms with Crippen LogP contribution in [0.2, 0.25) is 0 Å². The van der Waals surface area contributed by atoms with Crippen LogP contribution in [-0.4, -0.2) is 4.92 Å². The molecule has 28 heavy (non-hydrogen) atoms. The maximum atomic E-state index is 10.8. The number of benzene rings is 4. The Balaban J connectivity index is 1.65. The molecule has 0 aliphatic carbocycles. The van der Waals surface area contributed by atoms with Crippen molar-refractivity contribution in [2.75, 3.05) is 0 Å². The van der Waals surface area contributed by atoms with Crippen molar-refractivity contribution in [1.29, 1.82) is 0 Å². The molecule has 0 aliphatic rings. The van der Waals surface area contributed by atoms with Crippen LogP contribution in [0.1, 0.15) is 5.56 Å². The van der Waals surface area contributed by atoms with Crippen molar-refractivity contribution in [2.24, 2.45) is 0 Å². The van der Waals surface area contributed by atoms with Crippen molar-refractivity contribution in [3.8, 4) is 17.2 Å². The molecule has 4 aromatic rings. The number of non-ortho nitro benzene ring substituents is 1. The normalized spacial score (nSPS) is 10.6. The fourth-order valence-electron chi connectivity index (χ4n) is 2.98. The quantitative estimate of drug-likeness (QED) is 0.303. The summed E-state index contributed by atoms with van der Waals surface area (Å²) in [6, 6.07) is 27.6. The average Bonchev–Trinajstić information content (AvgIpc) is 2.73. The first kappa shape index (κ1) is 17.5. The van der Waals surface area contributed by atoms with Crippen LogP contribution in [-0.2, 0) is 6.61 Å². The lowest BCUT2D eigenvalue weighted by Crippen LogP contribution is -1.96. The van der Waals surface area contributed by atoms with E-state index in [2.05, 4.69) is 0 Å². The Labute approximate surface area is 161 Å². The number of ether oxygens (including phenoxy) is 2. The summed E-state index contributed by atoms with van der Waals surface area (Å²) >= 11 is 0. The summed E-state index contributed by atoms with van der Waals surface area (Å²) in [6.07, 6.45) is 0. The van der Waals surface area contributed by atoms with Crippen molar-refractivity contribution in [1.82, 2.24) is 0 Å². The van der Waals surface area contributed by atoms with E-state index in [-0.39, 0.29) is 5.69 Å². The lowest BCUT2D eigenvalue weighted by Gasteiger charge is -2.14. The largest absolute Gasteiger partial charge is 0.488 e. The molecule has 0 aromatic heterocycles. The van der Waals surface area contributed by atoms with Gasteiger partial charge in [0.2, 0.25) is 0 Å². The third-order valence-electron chi connectivity index (χ3n) is 4.34. The first-order valence-corrected chi connectivity index (χ1v) is 8.81. The lowest BCUT2D eigenvalue weighted by atomic mass is 10.1. The van der Waals surface area contributed by atoms with Crippen molar-refractivity contribution in [3.63, 3.8) is 0 Å². The van der Waals surface area contributed by atoms with Gasteiger partial charge in [0, 0.05) is 12.1 Å². The molecule has 5 nitrogen and oxygen atoms in total. The molecule has 0 heterocycles. The van der Waals surface area contributed by atoms with Crippen LogP contribution in [0, 0.1) is 10.1 Å². The molecular weight excluding hydrogens is 354 g/mol. The molecular formula is C23H17NO4. The lowest BCUT2D eigenvalue weighted by molar-refractivity contribution is -0.384. The molecule has 0 bridgehead atoms. The Morgan fingerprint density at radius 3 is 2.11 bits per heavy atom. The van der Waals surface area contributed by atoms with Gasteiger partial charge in [0.25, 0.3) is 5.69 Å². The van der Waals surface area contributed by atoms with E-state index in [1.807, 2.05) is 66.7 Å². The molecule has 5 heteroatoms. The molecule has 0 amide bonds. The van der Waals surface area contributed by atoms with Gasteiger partial charge in [-0.25, -0.2) is 0 Å². The molecule has 0 spiro atoms. The van der Waals surface area contributed by atoms with Crippen molar-refractivity contribution < 1.29 is 14.4 Å². The number of hydrogen-bond donors (Lipinski definition) is 0. The third-order valence-corrected chi connectivity index (χ3v) is 4.34. The SMILES string of the molecule is O=[N+]([O-])c1ccc(Oc2cccc3cccc(OCc4ccccc4)c23)cc1. The molecule has 138 valence electrons. The Kier molecular flexibility index (Phi) is 4.89. The zero-order valence-corrected chi connectivity index (χ0v) is 14.9. The smallest absolute Gasteiger partial charge is 0.269 e. The maximum Gasteiger partial charge on any atom is 0.269 e. The molecule has 0 saturated heterocycles. The summed E-state index contributed by atoms with van der Waals surface area (Å²) in [5, 5.41) is 12.7. The minimum absolute atomic E-state index is 0.0251. The number of nitro benzene ring substituents is 1. The standard InChI is InChI=1S/C23H17NO4/c25-24(26)19-12-14-20(15-13-19)28-22-11-5-9-18-8-4-10-21(23(18)22)27-16-17-6-2-1-3-7-17/h1-15H,16H2. The van der Waals surface area contributed by atoms with Gasteiger partial charge in [-0.15, -0.1) is 0 Å². The Hall–Kier alpha value is -3.86. The van der Waals surface area contributed by atoms with E-state index in [1.165, 1.54) is 12.1 Å². The predicted molar refractivity (Wildman–Crippen MR) is 108 cm³/mol. The molecule has 0 saturated carbocycles. The minimum Gasteiger partial charge on any atom is -0.488 e. The average molecular weight is 371 g/mol. The van der Waals surface area contributed by atoms with E-state index >= 15 is 0 Å². The van der Waals surface area contributed by atoms with Gasteiger partial charge < -0.3 is 9.47 Å². The predicted octanol–water partition coefficient (Wildman–Crippen LogP) is 6.12. The first-order valence-electron chi connectivity index (χ1n) is 8.81. The van der Waals surface area contributed by atoms with Crippen molar-refractivity contribution >= 4 is 16.5 Å². The summed E-state index contributed by atoms with van der Waals surface area (Å²) in [6.45, 7) is 0.450. The summed E-state index contributed by atoms with van der Waals surface area (Å²) in [7, 11) is 0. The van der Waals surface area contributed by atoms with Gasteiger partial charge in [-0.2, -0.15) is 0 Å². The minimum atomic E-state index is -0.433. The monoisotopic (exact) mass is 371 g/mol. The molecule has 4 aromatic carbocycles. The van der Waals surface area contributed by atoms with Gasteiger partial charge in [-0.05, 0) is 35.2 Å². The molecule has 4 rings (SSSR count). The Morgan fingerprint density at radius 2 is 1.43 bits per heavy atom. The second kappa shape index (κ2) is 7.80. The highest BCUT2D eigenvalue weighted by molar-refractivity contribution is 5.94. The van der Waals surface area contributed by atoms with Crippen LogP contribution in [0.4, 0.5) is 5.69 Å². The van der Waals surface area contributed by atoms with E-state index in [0.717, 1.165) is 22.1 Å². The molecule has 0 aliphatic heterocycles. The fraction of sp³-hybridized carbons (Fsp3) is 0.0435. The summed E-state index contributed by atoms with van der Waals surface area (Å²) in [5.74, 6) is 1.88. The number of hydrogen-bond acceptors (Lipinski definition) is 4. The summed E-state index contributed by atoms with van der Waals surface area (Å²) in [4.78, 5) is 10.4. The molecule has 0 unspecified atom stereocenters. The van der Waals surface area contributed by atoms with Crippen LogP contribution >= 0.6 is 0 Å². The van der Waals surface area contributed by atoms with Crippen LogP contribution < -0.4 is 9.47 Å². The molecule has 0 atom stereocenters. The number of fused-ring (bicyclic) bond motifs is 1. The number of rotatable bonds is 6. The summed E-state index contributed by atoms with van der Waals surface area (Å²) < 4.78 is 12.1. The Morgan fingerprint density at radius 1 is 0.750 bits per heavy atom.